The Hall–Kier alpha value is -1.74. The van der Waals surface area contributed by atoms with E-state index in [1.54, 1.807) is 13.4 Å². The van der Waals surface area contributed by atoms with Gasteiger partial charge in [-0.05, 0) is 43.1 Å². The summed E-state index contributed by atoms with van der Waals surface area (Å²) in [6, 6.07) is 10.5. The molecule has 0 spiro atoms. The quantitative estimate of drug-likeness (QED) is 0.825. The molecule has 1 aromatic carbocycles. The summed E-state index contributed by atoms with van der Waals surface area (Å²) in [5.41, 5.74) is 2.49. The van der Waals surface area contributed by atoms with Crippen molar-refractivity contribution in [1.82, 2.24) is 5.32 Å². The van der Waals surface area contributed by atoms with Crippen molar-refractivity contribution in [1.29, 1.82) is 0 Å². The van der Waals surface area contributed by atoms with Crippen molar-refractivity contribution in [3.63, 3.8) is 0 Å². The van der Waals surface area contributed by atoms with Gasteiger partial charge < -0.3 is 14.5 Å². The molecule has 1 heterocycles. The maximum Gasteiger partial charge on any atom is 0.118 e. The molecular formula is C16H21NO2. The van der Waals surface area contributed by atoms with Crippen molar-refractivity contribution in [3.8, 4) is 5.75 Å². The maximum absolute atomic E-state index is 5.19. The summed E-state index contributed by atoms with van der Waals surface area (Å²) in [4.78, 5) is 0. The van der Waals surface area contributed by atoms with Gasteiger partial charge in [-0.3, -0.25) is 0 Å². The van der Waals surface area contributed by atoms with E-state index in [-0.39, 0.29) is 0 Å². The molecule has 102 valence electrons. The third kappa shape index (κ3) is 3.86. The van der Waals surface area contributed by atoms with Gasteiger partial charge in [-0.25, -0.2) is 0 Å². The van der Waals surface area contributed by atoms with Crippen LogP contribution < -0.4 is 10.1 Å². The van der Waals surface area contributed by atoms with E-state index in [9.17, 15) is 0 Å². The standard InChI is InChI=1S/C16H21NO2/c1-3-9-17-16(14-8-10-19-12-14)11-13-4-6-15(18-2)7-5-13/h4-8,10,12,16-17H,3,9,11H2,1-2H3. The van der Waals surface area contributed by atoms with Crippen LogP contribution >= 0.6 is 0 Å². The molecule has 0 amide bonds. The molecule has 19 heavy (non-hydrogen) atoms. The fourth-order valence-electron chi connectivity index (χ4n) is 2.10. The van der Waals surface area contributed by atoms with Gasteiger partial charge in [-0.15, -0.1) is 0 Å². The van der Waals surface area contributed by atoms with Gasteiger partial charge in [-0.1, -0.05) is 19.1 Å². The van der Waals surface area contributed by atoms with E-state index in [0.717, 1.165) is 25.1 Å². The lowest BCUT2D eigenvalue weighted by atomic mass is 10.0. The third-order valence-corrected chi connectivity index (χ3v) is 3.19. The molecule has 2 aromatic rings. The van der Waals surface area contributed by atoms with Crippen LogP contribution in [0, 0.1) is 0 Å². The number of rotatable bonds is 7. The van der Waals surface area contributed by atoms with Crippen LogP contribution in [0.4, 0.5) is 0 Å². The Morgan fingerprint density at radius 1 is 1.21 bits per heavy atom. The van der Waals surface area contributed by atoms with Crippen LogP contribution in [0.5, 0.6) is 5.75 Å². The number of nitrogens with one attached hydrogen (secondary N) is 1. The molecule has 0 aliphatic carbocycles. The lowest BCUT2D eigenvalue weighted by Gasteiger charge is -2.17. The van der Waals surface area contributed by atoms with Crippen LogP contribution in [0.2, 0.25) is 0 Å². The maximum atomic E-state index is 5.19. The van der Waals surface area contributed by atoms with E-state index in [1.807, 2.05) is 24.5 Å². The van der Waals surface area contributed by atoms with E-state index >= 15 is 0 Å². The van der Waals surface area contributed by atoms with Gasteiger partial charge in [0.1, 0.15) is 5.75 Å². The SMILES string of the molecule is CCCNC(Cc1ccc(OC)cc1)c1ccoc1. The predicted molar refractivity (Wildman–Crippen MR) is 76.4 cm³/mol. The first-order chi connectivity index (χ1) is 9.33. The van der Waals surface area contributed by atoms with E-state index in [1.165, 1.54) is 11.1 Å². The highest BCUT2D eigenvalue weighted by Crippen LogP contribution is 2.20. The highest BCUT2D eigenvalue weighted by Gasteiger charge is 2.12. The number of methoxy groups -OCH3 is 1. The summed E-state index contributed by atoms with van der Waals surface area (Å²) in [5.74, 6) is 0.894. The Bertz CT molecular complexity index is 462. The summed E-state index contributed by atoms with van der Waals surface area (Å²) < 4.78 is 10.4. The van der Waals surface area contributed by atoms with Crippen molar-refractivity contribution < 1.29 is 9.15 Å². The molecule has 0 bridgehead atoms. The second-order valence-electron chi connectivity index (χ2n) is 4.62. The van der Waals surface area contributed by atoms with Crippen molar-refractivity contribution in [3.05, 3.63) is 54.0 Å². The molecule has 0 saturated heterocycles. The second-order valence-corrected chi connectivity index (χ2v) is 4.62. The third-order valence-electron chi connectivity index (χ3n) is 3.19. The first-order valence-electron chi connectivity index (χ1n) is 6.72. The van der Waals surface area contributed by atoms with Crippen LogP contribution in [0.15, 0.2) is 47.3 Å². The molecular weight excluding hydrogens is 238 g/mol. The Balaban J connectivity index is 2.06. The monoisotopic (exact) mass is 259 g/mol. The highest BCUT2D eigenvalue weighted by atomic mass is 16.5. The molecule has 0 radical (unpaired) electrons. The van der Waals surface area contributed by atoms with E-state index in [4.69, 9.17) is 9.15 Å². The van der Waals surface area contributed by atoms with Gasteiger partial charge in [0.15, 0.2) is 0 Å². The van der Waals surface area contributed by atoms with Crippen LogP contribution in [-0.2, 0) is 6.42 Å². The average molecular weight is 259 g/mol. The summed E-state index contributed by atoms with van der Waals surface area (Å²) >= 11 is 0. The second kappa shape index (κ2) is 7.00. The molecule has 0 aliphatic rings. The zero-order valence-corrected chi connectivity index (χ0v) is 11.6. The molecule has 3 nitrogen and oxygen atoms in total. The van der Waals surface area contributed by atoms with Crippen LogP contribution in [0.25, 0.3) is 0 Å². The number of benzene rings is 1. The normalized spacial score (nSPS) is 12.3. The minimum atomic E-state index is 0.298. The minimum Gasteiger partial charge on any atom is -0.497 e. The highest BCUT2D eigenvalue weighted by molar-refractivity contribution is 5.28. The lowest BCUT2D eigenvalue weighted by molar-refractivity contribution is 0.414. The van der Waals surface area contributed by atoms with Crippen molar-refractivity contribution >= 4 is 0 Å². The van der Waals surface area contributed by atoms with Gasteiger partial charge >= 0.3 is 0 Å². The minimum absolute atomic E-state index is 0.298. The Kier molecular flexibility index (Phi) is 5.04. The Morgan fingerprint density at radius 2 is 2.00 bits per heavy atom. The molecule has 0 saturated carbocycles. The van der Waals surface area contributed by atoms with Crippen LogP contribution in [0.1, 0.15) is 30.5 Å². The number of furan rings is 1. The number of ether oxygens (including phenoxy) is 1. The molecule has 0 fully saturated rings. The summed E-state index contributed by atoms with van der Waals surface area (Å²) in [6.07, 6.45) is 5.61. The predicted octanol–water partition coefficient (Wildman–Crippen LogP) is 3.57. The van der Waals surface area contributed by atoms with Crippen molar-refractivity contribution in [2.24, 2.45) is 0 Å². The van der Waals surface area contributed by atoms with Gasteiger partial charge in [-0.2, -0.15) is 0 Å². The van der Waals surface area contributed by atoms with Gasteiger partial charge in [0.05, 0.1) is 19.6 Å². The molecule has 1 N–H and O–H groups in total. The summed E-state index contributed by atoms with van der Waals surface area (Å²) in [5, 5.41) is 3.56. The van der Waals surface area contributed by atoms with Crippen molar-refractivity contribution in [2.75, 3.05) is 13.7 Å². The average Bonchev–Trinajstić information content (AvgIpc) is 2.98. The van der Waals surface area contributed by atoms with E-state index < -0.39 is 0 Å². The zero-order chi connectivity index (χ0) is 13.5. The van der Waals surface area contributed by atoms with Gasteiger partial charge in [0, 0.05) is 11.6 Å². The largest absolute Gasteiger partial charge is 0.497 e. The molecule has 2 rings (SSSR count). The number of hydrogen-bond donors (Lipinski definition) is 1. The number of hydrogen-bond acceptors (Lipinski definition) is 3. The van der Waals surface area contributed by atoms with Crippen molar-refractivity contribution in [2.45, 2.75) is 25.8 Å². The summed E-state index contributed by atoms with van der Waals surface area (Å²) in [6.45, 7) is 3.18. The van der Waals surface area contributed by atoms with Crippen LogP contribution in [0.3, 0.4) is 0 Å². The Labute approximate surface area is 114 Å². The lowest BCUT2D eigenvalue weighted by Crippen LogP contribution is -2.23. The topological polar surface area (TPSA) is 34.4 Å². The van der Waals surface area contributed by atoms with Crippen LogP contribution in [-0.4, -0.2) is 13.7 Å². The Morgan fingerprint density at radius 3 is 2.58 bits per heavy atom. The summed E-state index contributed by atoms with van der Waals surface area (Å²) in [7, 11) is 1.69. The van der Waals surface area contributed by atoms with E-state index in [0.29, 0.717) is 6.04 Å². The van der Waals surface area contributed by atoms with Gasteiger partial charge in [0.25, 0.3) is 0 Å². The van der Waals surface area contributed by atoms with E-state index in [2.05, 4.69) is 24.4 Å². The first kappa shape index (κ1) is 13.7. The first-order valence-corrected chi connectivity index (χ1v) is 6.72. The fraction of sp³-hybridized carbons (Fsp3) is 0.375. The molecule has 1 unspecified atom stereocenters. The smallest absolute Gasteiger partial charge is 0.118 e. The van der Waals surface area contributed by atoms with Gasteiger partial charge in [0.2, 0.25) is 0 Å². The molecule has 3 heteroatoms. The molecule has 1 aromatic heterocycles. The fourth-order valence-corrected chi connectivity index (χ4v) is 2.10. The zero-order valence-electron chi connectivity index (χ0n) is 11.6. The molecule has 1 atom stereocenters. The molecule has 0 aliphatic heterocycles.